The molecule has 1 aliphatic rings. The first-order chi connectivity index (χ1) is 9.06. The summed E-state index contributed by atoms with van der Waals surface area (Å²) in [4.78, 5) is 28.4. The Morgan fingerprint density at radius 2 is 2.21 bits per heavy atom. The molecule has 8 heteroatoms. The standard InChI is InChI=1S/C11H14ClN3O4/c12-9-5-10(17)15(6-13-9)7-19-11(18)14-3-1-8(16)2-4-14/h5-6,8,16H,1-4,7H2. The van der Waals surface area contributed by atoms with Gasteiger partial charge in [0, 0.05) is 19.2 Å². The molecule has 1 aromatic heterocycles. The second-order valence-electron chi connectivity index (χ2n) is 4.28. The summed E-state index contributed by atoms with van der Waals surface area (Å²) in [5.41, 5.74) is -0.387. The van der Waals surface area contributed by atoms with Crippen molar-refractivity contribution >= 4 is 17.7 Å². The lowest BCUT2D eigenvalue weighted by Gasteiger charge is -2.28. The molecule has 0 spiro atoms. The highest BCUT2D eigenvalue weighted by atomic mass is 35.5. The van der Waals surface area contributed by atoms with E-state index in [1.165, 1.54) is 11.2 Å². The summed E-state index contributed by atoms with van der Waals surface area (Å²) in [7, 11) is 0. The fraction of sp³-hybridized carbons (Fsp3) is 0.545. The molecule has 7 nitrogen and oxygen atoms in total. The summed E-state index contributed by atoms with van der Waals surface area (Å²) in [6, 6.07) is 1.15. The molecule has 2 heterocycles. The number of hydrogen-bond donors (Lipinski definition) is 1. The second kappa shape index (κ2) is 6.03. The summed E-state index contributed by atoms with van der Waals surface area (Å²) in [6.07, 6.45) is 1.44. The van der Waals surface area contributed by atoms with E-state index in [-0.39, 0.29) is 23.5 Å². The normalized spacial score (nSPS) is 16.4. The molecule has 0 unspecified atom stereocenters. The van der Waals surface area contributed by atoms with E-state index in [1.54, 1.807) is 0 Å². The smallest absolute Gasteiger partial charge is 0.411 e. The van der Waals surface area contributed by atoms with E-state index < -0.39 is 6.09 Å². The van der Waals surface area contributed by atoms with E-state index in [0.717, 1.165) is 10.6 Å². The predicted molar refractivity (Wildman–Crippen MR) is 66.8 cm³/mol. The number of likely N-dealkylation sites (tertiary alicyclic amines) is 1. The minimum atomic E-state index is -0.506. The van der Waals surface area contributed by atoms with Crippen molar-refractivity contribution in [1.29, 1.82) is 0 Å². The Labute approximate surface area is 114 Å². The average Bonchev–Trinajstić information content (AvgIpc) is 2.38. The first-order valence-electron chi connectivity index (χ1n) is 5.88. The number of aliphatic hydroxyl groups is 1. The van der Waals surface area contributed by atoms with Gasteiger partial charge in [-0.25, -0.2) is 9.78 Å². The number of hydrogen-bond acceptors (Lipinski definition) is 5. The topological polar surface area (TPSA) is 84.7 Å². The molecule has 1 saturated heterocycles. The zero-order chi connectivity index (χ0) is 13.8. The quantitative estimate of drug-likeness (QED) is 0.798. The molecule has 0 saturated carbocycles. The summed E-state index contributed by atoms with van der Waals surface area (Å²) in [6.45, 7) is 0.697. The van der Waals surface area contributed by atoms with Gasteiger partial charge >= 0.3 is 6.09 Å². The van der Waals surface area contributed by atoms with Gasteiger partial charge in [0.2, 0.25) is 0 Å². The number of piperidine rings is 1. The number of aliphatic hydroxyl groups excluding tert-OH is 1. The van der Waals surface area contributed by atoms with Crippen LogP contribution < -0.4 is 5.56 Å². The van der Waals surface area contributed by atoms with E-state index in [2.05, 4.69) is 4.98 Å². The predicted octanol–water partition coefficient (Wildman–Crippen LogP) is 0.447. The van der Waals surface area contributed by atoms with Crippen molar-refractivity contribution in [1.82, 2.24) is 14.5 Å². The lowest BCUT2D eigenvalue weighted by atomic mass is 10.1. The van der Waals surface area contributed by atoms with Crippen molar-refractivity contribution in [2.45, 2.75) is 25.7 Å². The van der Waals surface area contributed by atoms with Crippen LogP contribution in [0.4, 0.5) is 4.79 Å². The summed E-state index contributed by atoms with van der Waals surface area (Å²) >= 11 is 5.55. The van der Waals surface area contributed by atoms with Crippen molar-refractivity contribution in [3.05, 3.63) is 27.9 Å². The van der Waals surface area contributed by atoms with Gasteiger partial charge in [-0.15, -0.1) is 0 Å². The van der Waals surface area contributed by atoms with Crippen molar-refractivity contribution in [2.75, 3.05) is 13.1 Å². The van der Waals surface area contributed by atoms with Crippen molar-refractivity contribution in [3.8, 4) is 0 Å². The van der Waals surface area contributed by atoms with Gasteiger partial charge in [-0.2, -0.15) is 0 Å². The fourth-order valence-corrected chi connectivity index (χ4v) is 1.90. The van der Waals surface area contributed by atoms with E-state index in [1.807, 2.05) is 0 Å². The van der Waals surface area contributed by atoms with Crippen LogP contribution in [0.2, 0.25) is 5.15 Å². The molecule has 1 aliphatic heterocycles. The van der Waals surface area contributed by atoms with Crippen molar-refractivity contribution in [3.63, 3.8) is 0 Å². The highest BCUT2D eigenvalue weighted by Gasteiger charge is 2.22. The number of carbonyl (C=O) groups excluding carboxylic acids is 1. The van der Waals surface area contributed by atoms with Gasteiger partial charge in [0.1, 0.15) is 11.5 Å². The Balaban J connectivity index is 1.88. The number of amides is 1. The fourth-order valence-electron chi connectivity index (χ4n) is 1.77. The van der Waals surface area contributed by atoms with Crippen LogP contribution >= 0.6 is 11.6 Å². The minimum Gasteiger partial charge on any atom is -0.427 e. The zero-order valence-corrected chi connectivity index (χ0v) is 10.9. The summed E-state index contributed by atoms with van der Waals surface area (Å²) in [5, 5.41) is 9.43. The molecule has 0 bridgehead atoms. The first kappa shape index (κ1) is 13.8. The maximum Gasteiger partial charge on any atom is 0.411 e. The number of ether oxygens (including phenoxy) is 1. The zero-order valence-electron chi connectivity index (χ0n) is 10.2. The Bertz CT molecular complexity index is 511. The highest BCUT2D eigenvalue weighted by molar-refractivity contribution is 6.29. The average molecular weight is 288 g/mol. The molecule has 0 radical (unpaired) electrons. The molecule has 0 aliphatic carbocycles. The van der Waals surface area contributed by atoms with Gasteiger partial charge in [-0.1, -0.05) is 11.6 Å². The molecule has 1 amide bonds. The molecule has 104 valence electrons. The summed E-state index contributed by atoms with van der Waals surface area (Å²) in [5.74, 6) is 0. The number of nitrogens with zero attached hydrogens (tertiary/aromatic N) is 3. The SMILES string of the molecule is O=C(OCn1cnc(Cl)cc1=O)N1CCC(O)CC1. The number of aromatic nitrogens is 2. The van der Waals surface area contributed by atoms with Crippen LogP contribution in [0, 0.1) is 0 Å². The Kier molecular flexibility index (Phi) is 4.39. The molecule has 2 rings (SSSR count). The van der Waals surface area contributed by atoms with Crippen LogP contribution in [0.15, 0.2) is 17.2 Å². The van der Waals surface area contributed by atoms with E-state index in [0.29, 0.717) is 25.9 Å². The van der Waals surface area contributed by atoms with Gasteiger partial charge in [0.25, 0.3) is 5.56 Å². The summed E-state index contributed by atoms with van der Waals surface area (Å²) < 4.78 is 6.15. The second-order valence-corrected chi connectivity index (χ2v) is 4.66. The van der Waals surface area contributed by atoms with Crippen molar-refractivity contribution in [2.24, 2.45) is 0 Å². The Hall–Kier alpha value is -1.60. The Morgan fingerprint density at radius 1 is 1.53 bits per heavy atom. The highest BCUT2D eigenvalue weighted by Crippen LogP contribution is 2.11. The lowest BCUT2D eigenvalue weighted by molar-refractivity contribution is 0.0441. The number of carbonyl (C=O) groups is 1. The van der Waals surface area contributed by atoms with Crippen LogP contribution in [0.3, 0.4) is 0 Å². The monoisotopic (exact) mass is 287 g/mol. The van der Waals surface area contributed by atoms with Crippen LogP contribution in [-0.2, 0) is 11.5 Å². The third-order valence-corrected chi connectivity index (χ3v) is 3.10. The third-order valence-electron chi connectivity index (χ3n) is 2.90. The van der Waals surface area contributed by atoms with Crippen LogP contribution in [0.25, 0.3) is 0 Å². The molecule has 1 aromatic rings. The number of halogens is 1. The largest absolute Gasteiger partial charge is 0.427 e. The Morgan fingerprint density at radius 3 is 2.84 bits per heavy atom. The van der Waals surface area contributed by atoms with E-state index in [9.17, 15) is 14.7 Å². The molecule has 1 N–H and O–H groups in total. The third kappa shape index (κ3) is 3.68. The van der Waals surface area contributed by atoms with E-state index >= 15 is 0 Å². The molecule has 19 heavy (non-hydrogen) atoms. The first-order valence-corrected chi connectivity index (χ1v) is 6.26. The molecule has 1 fully saturated rings. The van der Waals surface area contributed by atoms with E-state index in [4.69, 9.17) is 16.3 Å². The maximum absolute atomic E-state index is 11.7. The minimum absolute atomic E-state index is 0.0950. The lowest BCUT2D eigenvalue weighted by Crippen LogP contribution is -2.40. The molecular weight excluding hydrogens is 274 g/mol. The molecular formula is C11H14ClN3O4. The maximum atomic E-state index is 11.7. The van der Waals surface area contributed by atoms with Gasteiger partial charge in [-0.3, -0.25) is 9.36 Å². The van der Waals surface area contributed by atoms with Crippen LogP contribution in [0.5, 0.6) is 0 Å². The van der Waals surface area contributed by atoms with Crippen molar-refractivity contribution < 1.29 is 14.6 Å². The van der Waals surface area contributed by atoms with Crippen LogP contribution in [-0.4, -0.2) is 44.8 Å². The molecule has 0 atom stereocenters. The van der Waals surface area contributed by atoms with Crippen LogP contribution in [0.1, 0.15) is 12.8 Å². The number of rotatable bonds is 2. The van der Waals surface area contributed by atoms with Gasteiger partial charge in [-0.05, 0) is 12.8 Å². The van der Waals surface area contributed by atoms with Gasteiger partial charge < -0.3 is 14.7 Å². The molecule has 0 aromatic carbocycles. The van der Waals surface area contributed by atoms with Gasteiger partial charge in [0.15, 0.2) is 6.73 Å². The van der Waals surface area contributed by atoms with Gasteiger partial charge in [0.05, 0.1) is 6.10 Å².